The SMILES string of the molecule is CC[C@H](C)[C@H](NC(=O)NCC1(SC)CC1)C(=O)O. The molecule has 0 unspecified atom stereocenters. The van der Waals surface area contributed by atoms with E-state index in [4.69, 9.17) is 5.11 Å². The zero-order valence-corrected chi connectivity index (χ0v) is 12.0. The number of carboxylic acid groups (broad SMARTS) is 1. The van der Waals surface area contributed by atoms with Crippen molar-refractivity contribution in [3.05, 3.63) is 0 Å². The van der Waals surface area contributed by atoms with E-state index in [-0.39, 0.29) is 16.7 Å². The third kappa shape index (κ3) is 4.08. The van der Waals surface area contributed by atoms with Gasteiger partial charge < -0.3 is 15.7 Å². The minimum atomic E-state index is -0.981. The molecule has 0 heterocycles. The van der Waals surface area contributed by atoms with Crippen molar-refractivity contribution in [1.29, 1.82) is 0 Å². The van der Waals surface area contributed by atoms with Crippen LogP contribution in [0.25, 0.3) is 0 Å². The number of thioether (sulfide) groups is 1. The molecule has 104 valence electrons. The zero-order valence-electron chi connectivity index (χ0n) is 11.2. The Morgan fingerprint density at radius 1 is 1.44 bits per heavy atom. The summed E-state index contributed by atoms with van der Waals surface area (Å²) in [6.07, 6.45) is 4.97. The second kappa shape index (κ2) is 6.31. The maximum Gasteiger partial charge on any atom is 0.326 e. The summed E-state index contributed by atoms with van der Waals surface area (Å²) < 4.78 is 0.187. The second-order valence-electron chi connectivity index (χ2n) is 4.92. The molecule has 1 fully saturated rings. The van der Waals surface area contributed by atoms with Gasteiger partial charge in [0.05, 0.1) is 0 Å². The molecule has 0 radical (unpaired) electrons. The van der Waals surface area contributed by atoms with E-state index < -0.39 is 12.0 Å². The second-order valence-corrected chi connectivity index (χ2v) is 6.19. The molecule has 1 aliphatic carbocycles. The number of hydrogen-bond donors (Lipinski definition) is 3. The van der Waals surface area contributed by atoms with Crippen LogP contribution in [0.2, 0.25) is 0 Å². The van der Waals surface area contributed by atoms with Crippen LogP contribution in [0.4, 0.5) is 4.79 Å². The van der Waals surface area contributed by atoms with Crippen LogP contribution in [0, 0.1) is 5.92 Å². The first kappa shape index (κ1) is 15.1. The first-order valence-electron chi connectivity index (χ1n) is 6.26. The number of carbonyl (C=O) groups excluding carboxylic acids is 1. The van der Waals surface area contributed by atoms with Gasteiger partial charge in [-0.2, -0.15) is 11.8 Å². The molecule has 2 amide bonds. The molecule has 0 spiro atoms. The van der Waals surface area contributed by atoms with E-state index in [0.29, 0.717) is 13.0 Å². The van der Waals surface area contributed by atoms with Gasteiger partial charge in [-0.25, -0.2) is 9.59 Å². The lowest BCUT2D eigenvalue weighted by Crippen LogP contribution is -2.50. The van der Waals surface area contributed by atoms with Crippen molar-refractivity contribution in [3.63, 3.8) is 0 Å². The summed E-state index contributed by atoms with van der Waals surface area (Å²) in [7, 11) is 0. The summed E-state index contributed by atoms with van der Waals surface area (Å²) in [5.41, 5.74) is 0. The summed E-state index contributed by atoms with van der Waals surface area (Å²) in [6, 6.07) is -1.21. The number of nitrogens with one attached hydrogen (secondary N) is 2. The molecule has 1 aliphatic rings. The average Bonchev–Trinajstić information content (AvgIpc) is 3.13. The predicted molar refractivity (Wildman–Crippen MR) is 72.9 cm³/mol. The lowest BCUT2D eigenvalue weighted by atomic mass is 9.99. The van der Waals surface area contributed by atoms with E-state index in [1.165, 1.54) is 0 Å². The van der Waals surface area contributed by atoms with E-state index in [9.17, 15) is 9.59 Å². The maximum absolute atomic E-state index is 11.7. The van der Waals surface area contributed by atoms with Crippen LogP contribution in [0.1, 0.15) is 33.1 Å². The molecular formula is C12H22N2O3S. The number of carbonyl (C=O) groups is 2. The van der Waals surface area contributed by atoms with Gasteiger partial charge in [0.1, 0.15) is 6.04 Å². The summed E-state index contributed by atoms with van der Waals surface area (Å²) in [4.78, 5) is 22.7. The largest absolute Gasteiger partial charge is 0.480 e. The van der Waals surface area contributed by atoms with Crippen LogP contribution in [0.3, 0.4) is 0 Å². The quantitative estimate of drug-likeness (QED) is 0.660. The van der Waals surface area contributed by atoms with Gasteiger partial charge in [-0.3, -0.25) is 0 Å². The Morgan fingerprint density at radius 2 is 2.06 bits per heavy atom. The summed E-state index contributed by atoms with van der Waals surface area (Å²) in [5, 5.41) is 14.4. The van der Waals surface area contributed by atoms with Crippen molar-refractivity contribution in [3.8, 4) is 0 Å². The Balaban J connectivity index is 2.39. The fourth-order valence-corrected chi connectivity index (χ4v) is 2.44. The molecule has 0 bridgehead atoms. The highest BCUT2D eigenvalue weighted by Gasteiger charge is 2.42. The van der Waals surface area contributed by atoms with E-state index in [1.807, 2.05) is 20.1 Å². The van der Waals surface area contributed by atoms with Crippen molar-refractivity contribution in [2.24, 2.45) is 5.92 Å². The molecule has 1 rings (SSSR count). The van der Waals surface area contributed by atoms with Gasteiger partial charge in [0, 0.05) is 11.3 Å². The van der Waals surface area contributed by atoms with E-state index >= 15 is 0 Å². The normalized spacial score (nSPS) is 19.7. The molecule has 18 heavy (non-hydrogen) atoms. The molecule has 0 aliphatic heterocycles. The van der Waals surface area contributed by atoms with Gasteiger partial charge in [-0.05, 0) is 25.0 Å². The minimum absolute atomic E-state index is 0.0799. The van der Waals surface area contributed by atoms with Crippen LogP contribution in [-0.2, 0) is 4.79 Å². The third-order valence-corrected chi connectivity index (χ3v) is 5.00. The molecule has 1 saturated carbocycles. The summed E-state index contributed by atoms with van der Waals surface area (Å²) in [5.74, 6) is -1.06. The molecule has 6 heteroatoms. The van der Waals surface area contributed by atoms with Crippen LogP contribution < -0.4 is 10.6 Å². The Kier molecular flexibility index (Phi) is 5.31. The number of aliphatic carboxylic acids is 1. The summed E-state index contributed by atoms with van der Waals surface area (Å²) in [6.45, 7) is 4.34. The lowest BCUT2D eigenvalue weighted by molar-refractivity contribution is -0.140. The highest BCUT2D eigenvalue weighted by atomic mass is 32.2. The van der Waals surface area contributed by atoms with Gasteiger partial charge in [0.25, 0.3) is 0 Å². The van der Waals surface area contributed by atoms with Crippen LogP contribution in [0.5, 0.6) is 0 Å². The molecule has 0 aromatic rings. The molecular weight excluding hydrogens is 252 g/mol. The van der Waals surface area contributed by atoms with Crippen LogP contribution >= 0.6 is 11.8 Å². The van der Waals surface area contributed by atoms with Crippen molar-refractivity contribution in [2.75, 3.05) is 12.8 Å². The minimum Gasteiger partial charge on any atom is -0.480 e. The average molecular weight is 274 g/mol. The van der Waals surface area contributed by atoms with E-state index in [0.717, 1.165) is 12.8 Å². The first-order chi connectivity index (χ1) is 8.44. The van der Waals surface area contributed by atoms with Crippen molar-refractivity contribution >= 4 is 23.8 Å². The highest BCUT2D eigenvalue weighted by Crippen LogP contribution is 2.46. The molecule has 2 atom stereocenters. The van der Waals surface area contributed by atoms with Crippen molar-refractivity contribution in [1.82, 2.24) is 10.6 Å². The van der Waals surface area contributed by atoms with E-state index in [2.05, 4.69) is 10.6 Å². The van der Waals surface area contributed by atoms with E-state index in [1.54, 1.807) is 11.8 Å². The topological polar surface area (TPSA) is 78.4 Å². The highest BCUT2D eigenvalue weighted by molar-refractivity contribution is 8.00. The lowest BCUT2D eigenvalue weighted by Gasteiger charge is -2.21. The Morgan fingerprint density at radius 3 is 2.44 bits per heavy atom. The summed E-state index contributed by atoms with van der Waals surface area (Å²) >= 11 is 1.76. The number of hydrogen-bond acceptors (Lipinski definition) is 3. The molecule has 0 aromatic heterocycles. The zero-order chi connectivity index (χ0) is 13.8. The standard InChI is InChI=1S/C12H22N2O3S/c1-4-8(2)9(10(15)16)14-11(17)13-7-12(18-3)5-6-12/h8-9H,4-7H2,1-3H3,(H,15,16)(H2,13,14,17)/t8-,9-/m0/s1. The maximum atomic E-state index is 11.7. The Labute approximate surface area is 112 Å². The number of rotatable bonds is 7. The van der Waals surface area contributed by atoms with Crippen LogP contribution in [0.15, 0.2) is 0 Å². The van der Waals surface area contributed by atoms with Gasteiger partial charge >= 0.3 is 12.0 Å². The molecule has 0 aromatic carbocycles. The van der Waals surface area contributed by atoms with Gasteiger partial charge in [0.2, 0.25) is 0 Å². The smallest absolute Gasteiger partial charge is 0.326 e. The van der Waals surface area contributed by atoms with Gasteiger partial charge in [0.15, 0.2) is 0 Å². The fraction of sp³-hybridized carbons (Fsp3) is 0.833. The molecule has 3 N–H and O–H groups in total. The predicted octanol–water partition coefficient (Wildman–Crippen LogP) is 1.68. The fourth-order valence-electron chi connectivity index (χ4n) is 1.71. The monoisotopic (exact) mass is 274 g/mol. The van der Waals surface area contributed by atoms with Crippen molar-refractivity contribution < 1.29 is 14.7 Å². The number of urea groups is 1. The Bertz CT molecular complexity index is 318. The van der Waals surface area contributed by atoms with Crippen molar-refractivity contribution in [2.45, 2.75) is 43.9 Å². The number of carboxylic acids is 1. The number of amides is 2. The Hall–Kier alpha value is -0.910. The van der Waals surface area contributed by atoms with Gasteiger partial charge in [-0.1, -0.05) is 20.3 Å². The third-order valence-electron chi connectivity index (χ3n) is 3.58. The van der Waals surface area contributed by atoms with Crippen LogP contribution in [-0.4, -0.2) is 40.7 Å². The first-order valence-corrected chi connectivity index (χ1v) is 7.49. The molecule has 5 nitrogen and oxygen atoms in total. The van der Waals surface area contributed by atoms with Gasteiger partial charge in [-0.15, -0.1) is 0 Å². The molecule has 0 saturated heterocycles.